The Morgan fingerprint density at radius 3 is 2.73 bits per heavy atom. The van der Waals surface area contributed by atoms with E-state index >= 15 is 0 Å². The second kappa shape index (κ2) is 11.5. The highest BCUT2D eigenvalue weighted by Crippen LogP contribution is 2.41. The molecule has 9 atom stereocenters. The molecule has 3 aliphatic heterocycles. The largest absolute Gasteiger partial charge is 0.480 e. The zero-order valence-corrected chi connectivity index (χ0v) is 20.9. The van der Waals surface area contributed by atoms with Crippen LogP contribution in [0.25, 0.3) is 0 Å². The average Bonchev–Trinajstić information content (AvgIpc) is 3.30. The van der Waals surface area contributed by atoms with E-state index < -0.39 is 36.0 Å². The number of hydrogen-bond acceptors (Lipinski definition) is 10. The minimum Gasteiger partial charge on any atom is -0.480 e. The van der Waals surface area contributed by atoms with Gasteiger partial charge in [-0.2, -0.15) is 11.8 Å². The average molecular weight is 490 g/mol. The molecule has 8 N–H and O–H groups in total. The van der Waals surface area contributed by atoms with Crippen molar-refractivity contribution in [3.8, 4) is 0 Å². The first-order chi connectivity index (χ1) is 15.6. The lowest BCUT2D eigenvalue weighted by atomic mass is 9.94. The predicted molar refractivity (Wildman–Crippen MR) is 128 cm³/mol. The van der Waals surface area contributed by atoms with Crippen LogP contribution in [0.4, 0.5) is 0 Å². The van der Waals surface area contributed by atoms with Gasteiger partial charge in [-0.15, -0.1) is 0 Å². The first-order valence-corrected chi connectivity index (χ1v) is 13.4. The van der Waals surface area contributed by atoms with Gasteiger partial charge >= 0.3 is 5.97 Å². The number of thioether (sulfide) groups is 1. The maximum atomic E-state index is 11.1. The van der Waals surface area contributed by atoms with Crippen LogP contribution < -0.4 is 16.8 Å². The molecule has 0 radical (unpaired) electrons. The van der Waals surface area contributed by atoms with Crippen molar-refractivity contribution in [2.24, 2.45) is 17.4 Å². The van der Waals surface area contributed by atoms with E-state index in [2.05, 4.69) is 29.0 Å². The highest BCUT2D eigenvalue weighted by molar-refractivity contribution is 7.99. The number of ether oxygens (including phenoxy) is 1. The molecule has 33 heavy (non-hydrogen) atoms. The van der Waals surface area contributed by atoms with Crippen LogP contribution in [0.1, 0.15) is 52.9 Å². The molecule has 0 aliphatic carbocycles. The number of carbonyl (C=O) groups is 1. The van der Waals surface area contributed by atoms with Gasteiger partial charge in [0, 0.05) is 24.3 Å². The van der Waals surface area contributed by atoms with Crippen LogP contribution in [0, 0.1) is 5.92 Å². The molecule has 0 amide bonds. The summed E-state index contributed by atoms with van der Waals surface area (Å²) in [6, 6.07) is -0.487. The van der Waals surface area contributed by atoms with Crippen LogP contribution in [-0.4, -0.2) is 104 Å². The van der Waals surface area contributed by atoms with E-state index in [-0.39, 0.29) is 18.2 Å². The number of aliphatic hydroxyl groups excluding tert-OH is 1. The molecule has 3 fully saturated rings. The van der Waals surface area contributed by atoms with E-state index in [1.807, 2.05) is 0 Å². The summed E-state index contributed by atoms with van der Waals surface area (Å²) < 4.78 is 6.30. The number of carboxylic acids is 1. The number of hydrogen-bond donors (Lipinski definition) is 6. The van der Waals surface area contributed by atoms with Gasteiger partial charge in [0.1, 0.15) is 24.0 Å². The Balaban J connectivity index is 1.70. The number of carboxylic acid groups (broad SMARTS) is 1. The smallest absolute Gasteiger partial charge is 0.320 e. The van der Waals surface area contributed by atoms with Crippen molar-refractivity contribution in [3.05, 3.63) is 0 Å². The molecule has 10 nitrogen and oxygen atoms in total. The van der Waals surface area contributed by atoms with Crippen LogP contribution in [0.2, 0.25) is 0 Å². The van der Waals surface area contributed by atoms with Gasteiger partial charge in [0.2, 0.25) is 0 Å². The SMILES string of the molecule is CCCC(CC)N1CNC(N)C2CCN(C3O[C@H](CSCC[C@H](N)C(=O)O)[C@@](C)(O)[C@H]3O)C21. The second-order valence-electron chi connectivity index (χ2n) is 9.85. The number of nitrogens with zero attached hydrogens (tertiary/aromatic N) is 2. The Labute approximate surface area is 201 Å². The van der Waals surface area contributed by atoms with E-state index in [1.54, 1.807) is 6.92 Å². The molecule has 0 saturated carbocycles. The molecule has 0 aromatic rings. The lowest BCUT2D eigenvalue weighted by molar-refractivity contribution is -0.142. The van der Waals surface area contributed by atoms with Crippen molar-refractivity contribution in [1.82, 2.24) is 15.1 Å². The second-order valence-corrected chi connectivity index (χ2v) is 11.0. The first-order valence-electron chi connectivity index (χ1n) is 12.3. The summed E-state index contributed by atoms with van der Waals surface area (Å²) in [5.41, 5.74) is 10.6. The molecule has 0 aromatic heterocycles. The zero-order chi connectivity index (χ0) is 24.3. The first kappa shape index (κ1) is 27.1. The summed E-state index contributed by atoms with van der Waals surface area (Å²) in [6.45, 7) is 7.46. The van der Waals surface area contributed by atoms with Crippen molar-refractivity contribution in [3.63, 3.8) is 0 Å². The van der Waals surface area contributed by atoms with E-state index in [1.165, 1.54) is 11.8 Å². The van der Waals surface area contributed by atoms with Crippen molar-refractivity contribution in [1.29, 1.82) is 0 Å². The lowest BCUT2D eigenvalue weighted by Crippen LogP contribution is -2.67. The molecular weight excluding hydrogens is 446 g/mol. The molecule has 0 spiro atoms. The summed E-state index contributed by atoms with van der Waals surface area (Å²) in [7, 11) is 0. The summed E-state index contributed by atoms with van der Waals surface area (Å²) in [6.07, 6.45) is 2.17. The van der Waals surface area contributed by atoms with Crippen molar-refractivity contribution < 1.29 is 24.9 Å². The monoisotopic (exact) mass is 489 g/mol. The standard InChI is InChI=1S/C22H43N5O5S/c1-4-6-13(5-2)27-12-25-18(24)14-7-9-26(19(14)27)20-17(28)22(3,31)16(32-20)11-33-10-8-15(23)21(29)30/h13-20,25,28,31H,4-12,23-24H2,1-3H3,(H,29,30)/t13?,14?,15-,16+,17-,18?,19?,20?,22+/m0/s1. The number of likely N-dealkylation sites (tertiary alicyclic amines) is 1. The Morgan fingerprint density at radius 1 is 1.36 bits per heavy atom. The number of nitrogens with two attached hydrogens (primary N) is 2. The van der Waals surface area contributed by atoms with Crippen molar-refractivity contribution in [2.75, 3.05) is 24.7 Å². The maximum absolute atomic E-state index is 11.1. The molecule has 0 bridgehead atoms. The molecule has 0 aromatic carbocycles. The topological polar surface area (TPSA) is 158 Å². The van der Waals surface area contributed by atoms with Crippen LogP contribution in [0.3, 0.4) is 0 Å². The molecule has 3 aliphatic rings. The fourth-order valence-corrected chi connectivity index (χ4v) is 6.71. The number of rotatable bonds is 11. The van der Waals surface area contributed by atoms with Gasteiger partial charge in [0.05, 0.1) is 25.1 Å². The van der Waals surface area contributed by atoms with Gasteiger partial charge in [-0.05, 0) is 38.4 Å². The van der Waals surface area contributed by atoms with Crippen molar-refractivity contribution >= 4 is 17.7 Å². The number of aliphatic carboxylic acids is 1. The quantitative estimate of drug-likeness (QED) is 0.212. The van der Waals surface area contributed by atoms with Crippen LogP contribution in [0.5, 0.6) is 0 Å². The molecule has 3 heterocycles. The van der Waals surface area contributed by atoms with Gasteiger partial charge in [-0.25, -0.2) is 0 Å². The minimum atomic E-state index is -1.40. The van der Waals surface area contributed by atoms with E-state index in [0.717, 1.165) is 32.2 Å². The number of fused-ring (bicyclic) bond motifs is 1. The zero-order valence-electron chi connectivity index (χ0n) is 20.1. The van der Waals surface area contributed by atoms with Gasteiger partial charge < -0.3 is 31.5 Å². The third-order valence-electron chi connectivity index (χ3n) is 7.63. The van der Waals surface area contributed by atoms with Gasteiger partial charge in [0.15, 0.2) is 0 Å². The van der Waals surface area contributed by atoms with Crippen LogP contribution >= 0.6 is 11.8 Å². The normalized spacial score (nSPS) is 39.5. The minimum absolute atomic E-state index is 0.0492. The van der Waals surface area contributed by atoms with Crippen LogP contribution in [0.15, 0.2) is 0 Å². The lowest BCUT2D eigenvalue weighted by Gasteiger charge is -2.49. The summed E-state index contributed by atoms with van der Waals surface area (Å²) >= 11 is 1.49. The van der Waals surface area contributed by atoms with Gasteiger partial charge in [0.25, 0.3) is 0 Å². The molecule has 192 valence electrons. The highest BCUT2D eigenvalue weighted by Gasteiger charge is 2.58. The van der Waals surface area contributed by atoms with Crippen LogP contribution in [-0.2, 0) is 9.53 Å². The Bertz CT molecular complexity index is 659. The third-order valence-corrected chi connectivity index (χ3v) is 8.69. The Kier molecular flexibility index (Phi) is 9.43. The molecule has 3 rings (SSSR count). The third kappa shape index (κ3) is 5.68. The van der Waals surface area contributed by atoms with E-state index in [9.17, 15) is 15.0 Å². The van der Waals surface area contributed by atoms with E-state index in [0.29, 0.717) is 30.6 Å². The number of nitrogens with one attached hydrogen (secondary N) is 1. The maximum Gasteiger partial charge on any atom is 0.320 e. The van der Waals surface area contributed by atoms with Gasteiger partial charge in [-0.1, -0.05) is 20.3 Å². The number of aliphatic hydroxyl groups is 2. The van der Waals surface area contributed by atoms with E-state index in [4.69, 9.17) is 21.3 Å². The summed E-state index contributed by atoms with van der Waals surface area (Å²) in [5, 5.41) is 34.6. The fraction of sp³-hybridized carbons (Fsp3) is 0.955. The summed E-state index contributed by atoms with van der Waals surface area (Å²) in [5.74, 6) is 0.197. The molecule has 11 heteroatoms. The van der Waals surface area contributed by atoms with Crippen molar-refractivity contribution in [2.45, 2.75) is 101 Å². The van der Waals surface area contributed by atoms with Gasteiger partial charge in [-0.3, -0.25) is 19.9 Å². The molecular formula is C22H43N5O5S. The fourth-order valence-electron chi connectivity index (χ4n) is 5.49. The molecule has 3 saturated heterocycles. The predicted octanol–water partition coefficient (Wildman–Crippen LogP) is -0.267. The Hall–Kier alpha value is -0.500. The highest BCUT2D eigenvalue weighted by atomic mass is 32.2. The molecule has 5 unspecified atom stereocenters. The Morgan fingerprint density at radius 2 is 2.09 bits per heavy atom. The summed E-state index contributed by atoms with van der Waals surface area (Å²) in [4.78, 5) is 15.6.